The molecule has 3 rings (SSSR count). The summed E-state index contributed by atoms with van der Waals surface area (Å²) >= 11 is 0. The number of methoxy groups -OCH3 is 1. The third-order valence-corrected chi connectivity index (χ3v) is 4.40. The number of urea groups is 1. The Balaban J connectivity index is 1.58. The normalized spacial score (nSPS) is 15.3. The fourth-order valence-electron chi connectivity index (χ4n) is 3.08. The lowest BCUT2D eigenvalue weighted by molar-refractivity contribution is 0.194. The third-order valence-electron chi connectivity index (χ3n) is 4.40. The number of carbonyl (C=O) groups is 1. The monoisotopic (exact) mass is 310 g/mol. The first-order chi connectivity index (χ1) is 11.3. The molecular weight excluding hydrogens is 288 g/mol. The number of anilines is 1. The minimum absolute atomic E-state index is 0.0546. The minimum atomic E-state index is -0.0546. The highest BCUT2D eigenvalue weighted by molar-refractivity contribution is 5.91. The van der Waals surface area contributed by atoms with Crippen LogP contribution in [0.3, 0.4) is 0 Å². The number of piperidine rings is 1. The number of ether oxygens (including phenoxy) is 1. The number of benzene rings is 2. The summed E-state index contributed by atoms with van der Waals surface area (Å²) in [4.78, 5) is 14.3. The van der Waals surface area contributed by atoms with Crippen LogP contribution in [-0.4, -0.2) is 31.1 Å². The second-order valence-electron chi connectivity index (χ2n) is 5.80. The number of amides is 2. The second kappa shape index (κ2) is 7.18. The maximum atomic E-state index is 12.4. The Bertz CT molecular complexity index is 649. The molecule has 1 fully saturated rings. The van der Waals surface area contributed by atoms with E-state index < -0.39 is 0 Å². The molecular formula is C19H22N2O2. The zero-order chi connectivity index (χ0) is 16.1. The lowest BCUT2D eigenvalue weighted by Gasteiger charge is -2.32. The molecule has 4 nitrogen and oxygen atoms in total. The van der Waals surface area contributed by atoms with E-state index in [1.807, 2.05) is 35.2 Å². The first kappa shape index (κ1) is 15.4. The maximum absolute atomic E-state index is 12.4. The van der Waals surface area contributed by atoms with Crippen LogP contribution in [0, 0.1) is 0 Å². The molecule has 1 aliphatic heterocycles. The molecule has 120 valence electrons. The van der Waals surface area contributed by atoms with Gasteiger partial charge in [-0.05, 0) is 36.5 Å². The molecule has 2 amide bonds. The third kappa shape index (κ3) is 3.65. The fourth-order valence-corrected chi connectivity index (χ4v) is 3.08. The number of nitrogens with one attached hydrogen (secondary N) is 1. The highest BCUT2D eigenvalue weighted by atomic mass is 16.5. The first-order valence-corrected chi connectivity index (χ1v) is 8.02. The average Bonchev–Trinajstić information content (AvgIpc) is 2.63. The molecule has 1 heterocycles. The molecule has 0 unspecified atom stereocenters. The smallest absolute Gasteiger partial charge is 0.321 e. The lowest BCUT2D eigenvalue weighted by Crippen LogP contribution is -2.40. The van der Waals surface area contributed by atoms with E-state index in [4.69, 9.17) is 4.74 Å². The predicted molar refractivity (Wildman–Crippen MR) is 92.0 cm³/mol. The highest BCUT2D eigenvalue weighted by Crippen LogP contribution is 2.29. The van der Waals surface area contributed by atoms with E-state index in [9.17, 15) is 4.79 Å². The quantitative estimate of drug-likeness (QED) is 0.927. The highest BCUT2D eigenvalue weighted by Gasteiger charge is 2.24. The lowest BCUT2D eigenvalue weighted by atomic mass is 9.90. The van der Waals surface area contributed by atoms with Crippen molar-refractivity contribution >= 4 is 11.7 Å². The van der Waals surface area contributed by atoms with Gasteiger partial charge in [-0.15, -0.1) is 0 Å². The molecule has 0 radical (unpaired) electrons. The standard InChI is InChI=1S/C19H22N2O2/c1-23-18-10-6-5-9-17(18)20-19(22)21-13-11-16(12-14-21)15-7-3-2-4-8-15/h2-10,16H,11-14H2,1H3,(H,20,22). The van der Waals surface area contributed by atoms with Crippen molar-refractivity contribution in [2.24, 2.45) is 0 Å². The molecule has 0 saturated carbocycles. The van der Waals surface area contributed by atoms with E-state index in [0.29, 0.717) is 17.4 Å². The molecule has 23 heavy (non-hydrogen) atoms. The Morgan fingerprint density at radius 1 is 1.04 bits per heavy atom. The van der Waals surface area contributed by atoms with Crippen molar-refractivity contribution in [3.8, 4) is 5.75 Å². The molecule has 2 aromatic rings. The molecule has 1 N–H and O–H groups in total. The van der Waals surface area contributed by atoms with Crippen molar-refractivity contribution < 1.29 is 9.53 Å². The summed E-state index contributed by atoms with van der Waals surface area (Å²) in [5, 5.41) is 2.95. The van der Waals surface area contributed by atoms with Gasteiger partial charge in [0, 0.05) is 13.1 Å². The number of likely N-dealkylation sites (tertiary alicyclic amines) is 1. The number of nitrogens with zero attached hydrogens (tertiary/aromatic N) is 1. The molecule has 1 aliphatic rings. The summed E-state index contributed by atoms with van der Waals surface area (Å²) in [5.74, 6) is 1.23. The molecule has 1 saturated heterocycles. The van der Waals surface area contributed by atoms with Crippen molar-refractivity contribution in [2.75, 3.05) is 25.5 Å². The minimum Gasteiger partial charge on any atom is -0.495 e. The van der Waals surface area contributed by atoms with E-state index >= 15 is 0 Å². The van der Waals surface area contributed by atoms with E-state index in [1.54, 1.807) is 7.11 Å². The molecule has 0 atom stereocenters. The van der Waals surface area contributed by atoms with Crippen LogP contribution in [0.25, 0.3) is 0 Å². The Morgan fingerprint density at radius 3 is 2.39 bits per heavy atom. The summed E-state index contributed by atoms with van der Waals surface area (Å²) in [6.45, 7) is 1.56. The van der Waals surface area contributed by atoms with Gasteiger partial charge in [0.2, 0.25) is 0 Å². The van der Waals surface area contributed by atoms with E-state index in [0.717, 1.165) is 25.9 Å². The molecule has 4 heteroatoms. The van der Waals surface area contributed by atoms with Crippen LogP contribution in [-0.2, 0) is 0 Å². The number of rotatable bonds is 3. The first-order valence-electron chi connectivity index (χ1n) is 8.02. The Labute approximate surface area is 137 Å². The van der Waals surface area contributed by atoms with Gasteiger partial charge in [0.05, 0.1) is 12.8 Å². The van der Waals surface area contributed by atoms with Gasteiger partial charge in [-0.1, -0.05) is 42.5 Å². The number of hydrogen-bond acceptors (Lipinski definition) is 2. The van der Waals surface area contributed by atoms with Crippen molar-refractivity contribution in [3.05, 3.63) is 60.2 Å². The van der Waals surface area contributed by atoms with Crippen LogP contribution in [0.2, 0.25) is 0 Å². The molecule has 0 spiro atoms. The van der Waals surface area contributed by atoms with Crippen LogP contribution >= 0.6 is 0 Å². The number of hydrogen-bond donors (Lipinski definition) is 1. The van der Waals surface area contributed by atoms with Gasteiger partial charge >= 0.3 is 6.03 Å². The van der Waals surface area contributed by atoms with Crippen LogP contribution in [0.4, 0.5) is 10.5 Å². The van der Waals surface area contributed by atoms with Crippen LogP contribution in [0.15, 0.2) is 54.6 Å². The van der Waals surface area contributed by atoms with Crippen LogP contribution in [0.1, 0.15) is 24.3 Å². The largest absolute Gasteiger partial charge is 0.495 e. The Kier molecular flexibility index (Phi) is 4.81. The summed E-state index contributed by atoms with van der Waals surface area (Å²) < 4.78 is 5.28. The van der Waals surface area contributed by atoms with E-state index in [2.05, 4.69) is 29.6 Å². The Hall–Kier alpha value is -2.49. The van der Waals surface area contributed by atoms with Crippen LogP contribution in [0.5, 0.6) is 5.75 Å². The van der Waals surface area contributed by atoms with Gasteiger partial charge in [-0.2, -0.15) is 0 Å². The number of carbonyl (C=O) groups excluding carboxylic acids is 1. The molecule has 0 bridgehead atoms. The van der Waals surface area contributed by atoms with Gasteiger partial charge in [0.15, 0.2) is 0 Å². The molecule has 0 aromatic heterocycles. The summed E-state index contributed by atoms with van der Waals surface area (Å²) in [5.41, 5.74) is 2.09. The molecule has 2 aromatic carbocycles. The average molecular weight is 310 g/mol. The SMILES string of the molecule is COc1ccccc1NC(=O)N1CCC(c2ccccc2)CC1. The van der Waals surface area contributed by atoms with Gasteiger partial charge < -0.3 is 15.0 Å². The van der Waals surface area contributed by atoms with E-state index in [1.165, 1.54) is 5.56 Å². The molecule has 0 aliphatic carbocycles. The van der Waals surface area contributed by atoms with Gasteiger partial charge in [-0.3, -0.25) is 0 Å². The summed E-state index contributed by atoms with van der Waals surface area (Å²) in [6, 6.07) is 18.0. The second-order valence-corrected chi connectivity index (χ2v) is 5.80. The summed E-state index contributed by atoms with van der Waals surface area (Å²) in [6.07, 6.45) is 2.01. The predicted octanol–water partition coefficient (Wildman–Crippen LogP) is 4.11. The number of para-hydroxylation sites is 2. The Morgan fingerprint density at radius 2 is 1.70 bits per heavy atom. The maximum Gasteiger partial charge on any atom is 0.321 e. The fraction of sp³-hybridized carbons (Fsp3) is 0.316. The topological polar surface area (TPSA) is 41.6 Å². The van der Waals surface area contributed by atoms with Gasteiger partial charge in [0.25, 0.3) is 0 Å². The van der Waals surface area contributed by atoms with Crippen LogP contribution < -0.4 is 10.1 Å². The van der Waals surface area contributed by atoms with Crippen molar-refractivity contribution in [2.45, 2.75) is 18.8 Å². The van der Waals surface area contributed by atoms with Gasteiger partial charge in [-0.25, -0.2) is 4.79 Å². The van der Waals surface area contributed by atoms with Crippen molar-refractivity contribution in [3.63, 3.8) is 0 Å². The zero-order valence-electron chi connectivity index (χ0n) is 13.4. The summed E-state index contributed by atoms with van der Waals surface area (Å²) in [7, 11) is 1.61. The van der Waals surface area contributed by atoms with Crippen molar-refractivity contribution in [1.82, 2.24) is 4.90 Å². The van der Waals surface area contributed by atoms with E-state index in [-0.39, 0.29) is 6.03 Å². The van der Waals surface area contributed by atoms with Crippen molar-refractivity contribution in [1.29, 1.82) is 0 Å². The van der Waals surface area contributed by atoms with Gasteiger partial charge in [0.1, 0.15) is 5.75 Å². The zero-order valence-corrected chi connectivity index (χ0v) is 13.4.